The minimum atomic E-state index is -0.388. The molecule has 0 saturated carbocycles. The van der Waals surface area contributed by atoms with Gasteiger partial charge in [0.1, 0.15) is 11.6 Å². The second-order valence-electron chi connectivity index (χ2n) is 7.98. The molecule has 1 aromatic carbocycles. The van der Waals surface area contributed by atoms with Crippen molar-refractivity contribution in [2.24, 2.45) is 0 Å². The molecule has 2 aromatic heterocycles. The Morgan fingerprint density at radius 2 is 1.91 bits per heavy atom. The van der Waals surface area contributed by atoms with Crippen molar-refractivity contribution in [3.63, 3.8) is 0 Å². The van der Waals surface area contributed by atoms with E-state index in [0.29, 0.717) is 35.9 Å². The van der Waals surface area contributed by atoms with Crippen LogP contribution in [0.1, 0.15) is 70.2 Å². The van der Waals surface area contributed by atoms with Crippen molar-refractivity contribution in [1.29, 1.82) is 0 Å². The van der Waals surface area contributed by atoms with Crippen LogP contribution in [0.3, 0.4) is 0 Å². The Balaban J connectivity index is 1.55. The number of rotatable bonds is 7. The molecule has 3 aromatic rings. The van der Waals surface area contributed by atoms with E-state index in [0.717, 1.165) is 5.56 Å². The summed E-state index contributed by atoms with van der Waals surface area (Å²) in [6, 6.07) is 9.16. The first kappa shape index (κ1) is 21.8. The van der Waals surface area contributed by atoms with Crippen LogP contribution in [0.5, 0.6) is 0 Å². The molecular formula is C24H25FN4O3. The summed E-state index contributed by atoms with van der Waals surface area (Å²) in [6.45, 7) is 4.99. The second kappa shape index (κ2) is 9.40. The largest absolute Gasteiger partial charge is 0.373 e. The molecule has 1 N–H and O–H groups in total. The molecule has 166 valence electrons. The number of nitrogens with zero attached hydrogens (tertiary/aromatic N) is 3. The van der Waals surface area contributed by atoms with Gasteiger partial charge >= 0.3 is 0 Å². The van der Waals surface area contributed by atoms with Crippen LogP contribution in [0.2, 0.25) is 0 Å². The maximum atomic E-state index is 13.2. The zero-order valence-electron chi connectivity index (χ0n) is 18.0. The molecule has 32 heavy (non-hydrogen) atoms. The Hall–Kier alpha value is -3.39. The van der Waals surface area contributed by atoms with Crippen LogP contribution in [-0.4, -0.2) is 32.8 Å². The Morgan fingerprint density at radius 3 is 2.62 bits per heavy atom. The van der Waals surface area contributed by atoms with Crippen molar-refractivity contribution in [1.82, 2.24) is 19.9 Å². The van der Waals surface area contributed by atoms with Crippen LogP contribution in [0.4, 0.5) is 4.39 Å². The first-order valence-corrected chi connectivity index (χ1v) is 10.6. The topological polar surface area (TPSA) is 86.1 Å². The third kappa shape index (κ3) is 4.60. The van der Waals surface area contributed by atoms with E-state index in [4.69, 9.17) is 4.74 Å². The minimum Gasteiger partial charge on any atom is -0.373 e. The van der Waals surface area contributed by atoms with Gasteiger partial charge in [0.05, 0.1) is 36.2 Å². The van der Waals surface area contributed by atoms with Crippen molar-refractivity contribution in [2.75, 3.05) is 6.61 Å². The number of Topliss-reactive ketones (excluding diaryl/α,β-unsaturated/α-hetero) is 1. The molecule has 3 heterocycles. The Labute approximate surface area is 185 Å². The summed E-state index contributed by atoms with van der Waals surface area (Å²) in [7, 11) is 0. The quantitative estimate of drug-likeness (QED) is 0.569. The molecule has 0 fully saturated rings. The molecule has 0 unspecified atom stereocenters. The Morgan fingerprint density at radius 1 is 1.19 bits per heavy atom. The van der Waals surface area contributed by atoms with Gasteiger partial charge in [0, 0.05) is 25.4 Å². The van der Waals surface area contributed by atoms with Crippen molar-refractivity contribution in [2.45, 2.75) is 45.4 Å². The number of ether oxygens (including phenoxy) is 1. The number of amides is 1. The standard InChI is InChI=1S/C24H25FN4O3/c1-15(17-4-6-18(25)7-5-17)12-22(30)20-13-19(21-14-32-11-10-29(20)21)24(31)28-16(2)23-26-8-3-9-27-23/h3-9,13,15-16H,10-12,14H2,1-2H3,(H,28,31)/t15-,16-/m0/s1. The molecule has 1 aliphatic heterocycles. The molecular weight excluding hydrogens is 411 g/mol. The van der Waals surface area contributed by atoms with Gasteiger partial charge < -0.3 is 14.6 Å². The second-order valence-corrected chi connectivity index (χ2v) is 7.98. The number of ketones is 1. The molecule has 0 saturated heterocycles. The van der Waals surface area contributed by atoms with Gasteiger partial charge in [-0.05, 0) is 42.7 Å². The van der Waals surface area contributed by atoms with Gasteiger partial charge in [-0.25, -0.2) is 14.4 Å². The highest BCUT2D eigenvalue weighted by atomic mass is 19.1. The van der Waals surface area contributed by atoms with Crippen LogP contribution in [0, 0.1) is 5.82 Å². The van der Waals surface area contributed by atoms with Gasteiger partial charge in [-0.3, -0.25) is 9.59 Å². The molecule has 1 aliphatic rings. The van der Waals surface area contributed by atoms with Crippen molar-refractivity contribution < 1.29 is 18.7 Å². The Kier molecular flexibility index (Phi) is 6.41. The highest BCUT2D eigenvalue weighted by Crippen LogP contribution is 2.26. The van der Waals surface area contributed by atoms with E-state index < -0.39 is 0 Å². The number of fused-ring (bicyclic) bond motifs is 1. The predicted molar refractivity (Wildman–Crippen MR) is 116 cm³/mol. The van der Waals surface area contributed by atoms with Crippen molar-refractivity contribution >= 4 is 11.7 Å². The van der Waals surface area contributed by atoms with Crippen molar-refractivity contribution in [3.8, 4) is 0 Å². The first-order chi connectivity index (χ1) is 15.4. The fourth-order valence-corrected chi connectivity index (χ4v) is 3.92. The maximum Gasteiger partial charge on any atom is 0.253 e. The lowest BCUT2D eigenvalue weighted by molar-refractivity contribution is 0.0781. The number of benzene rings is 1. The molecule has 2 atom stereocenters. The number of nitrogens with one attached hydrogen (secondary N) is 1. The van der Waals surface area contributed by atoms with Crippen LogP contribution < -0.4 is 5.32 Å². The lowest BCUT2D eigenvalue weighted by Gasteiger charge is -2.20. The van der Waals surface area contributed by atoms with Gasteiger partial charge in [-0.2, -0.15) is 0 Å². The molecule has 0 radical (unpaired) electrons. The predicted octanol–water partition coefficient (Wildman–Crippen LogP) is 3.81. The molecule has 7 nitrogen and oxygen atoms in total. The highest BCUT2D eigenvalue weighted by molar-refractivity contribution is 6.01. The van der Waals surface area contributed by atoms with Crippen LogP contribution >= 0.6 is 0 Å². The van der Waals surface area contributed by atoms with E-state index in [1.54, 1.807) is 36.7 Å². The zero-order chi connectivity index (χ0) is 22.7. The average Bonchev–Trinajstić information content (AvgIpc) is 3.20. The van der Waals surface area contributed by atoms with Crippen LogP contribution in [0.25, 0.3) is 0 Å². The number of hydrogen-bond acceptors (Lipinski definition) is 5. The van der Waals surface area contributed by atoms with E-state index in [-0.39, 0.29) is 42.5 Å². The number of carbonyl (C=O) groups excluding carboxylic acids is 2. The summed E-state index contributed by atoms with van der Waals surface area (Å²) in [4.78, 5) is 34.5. The molecule has 8 heteroatoms. The molecule has 0 spiro atoms. The summed E-state index contributed by atoms with van der Waals surface area (Å²) in [5, 5.41) is 2.91. The summed E-state index contributed by atoms with van der Waals surface area (Å²) >= 11 is 0. The van der Waals surface area contributed by atoms with Crippen molar-refractivity contribution in [3.05, 3.63) is 82.9 Å². The lowest BCUT2D eigenvalue weighted by Crippen LogP contribution is -2.29. The zero-order valence-corrected chi connectivity index (χ0v) is 18.0. The van der Waals surface area contributed by atoms with Gasteiger partial charge in [0.2, 0.25) is 0 Å². The molecule has 1 amide bonds. The normalized spacial score (nSPS) is 15.0. The van der Waals surface area contributed by atoms with E-state index in [2.05, 4.69) is 15.3 Å². The van der Waals surface area contributed by atoms with E-state index in [9.17, 15) is 14.0 Å². The number of halogens is 1. The van der Waals surface area contributed by atoms with E-state index in [1.165, 1.54) is 12.1 Å². The van der Waals surface area contributed by atoms with Gasteiger partial charge in [0.25, 0.3) is 5.91 Å². The summed E-state index contributed by atoms with van der Waals surface area (Å²) in [5.74, 6) is -0.247. The SMILES string of the molecule is C[C@H](NC(=O)c1cc(C(=O)C[C@H](C)c2ccc(F)cc2)n2c1COCC2)c1ncccn1. The summed E-state index contributed by atoms with van der Waals surface area (Å²) in [6.07, 6.45) is 3.50. The third-order valence-electron chi connectivity index (χ3n) is 5.69. The fourth-order valence-electron chi connectivity index (χ4n) is 3.92. The maximum absolute atomic E-state index is 13.2. The van der Waals surface area contributed by atoms with E-state index in [1.807, 2.05) is 18.4 Å². The highest BCUT2D eigenvalue weighted by Gasteiger charge is 2.27. The monoisotopic (exact) mass is 436 g/mol. The lowest BCUT2D eigenvalue weighted by atomic mass is 9.94. The molecule has 4 rings (SSSR count). The number of hydrogen-bond donors (Lipinski definition) is 1. The minimum absolute atomic E-state index is 0.0662. The van der Waals surface area contributed by atoms with Crippen LogP contribution in [0.15, 0.2) is 48.8 Å². The number of aromatic nitrogens is 3. The first-order valence-electron chi connectivity index (χ1n) is 10.6. The molecule has 0 aliphatic carbocycles. The van der Waals surface area contributed by atoms with Gasteiger partial charge in [-0.1, -0.05) is 19.1 Å². The smallest absolute Gasteiger partial charge is 0.253 e. The fraction of sp³-hybridized carbons (Fsp3) is 0.333. The summed E-state index contributed by atoms with van der Waals surface area (Å²) < 4.78 is 20.7. The van der Waals surface area contributed by atoms with E-state index >= 15 is 0 Å². The van der Waals surface area contributed by atoms with Gasteiger partial charge in [0.15, 0.2) is 5.78 Å². The molecule has 0 bridgehead atoms. The third-order valence-corrected chi connectivity index (χ3v) is 5.69. The Bertz CT molecular complexity index is 1110. The number of carbonyl (C=O) groups is 2. The van der Waals surface area contributed by atoms with Crippen LogP contribution in [-0.2, 0) is 17.9 Å². The van der Waals surface area contributed by atoms with Gasteiger partial charge in [-0.15, -0.1) is 0 Å². The summed E-state index contributed by atoms with van der Waals surface area (Å²) in [5.41, 5.74) is 2.49. The average molecular weight is 436 g/mol.